The lowest BCUT2D eigenvalue weighted by Gasteiger charge is -2.34. The Morgan fingerprint density at radius 1 is 1.30 bits per heavy atom. The maximum atomic E-state index is 12.4. The van der Waals surface area contributed by atoms with Gasteiger partial charge in [-0.2, -0.15) is 0 Å². The lowest BCUT2D eigenvalue weighted by Crippen LogP contribution is -2.44. The monoisotopic (exact) mass is 389 g/mol. The molecule has 3 rings (SSSR count). The molecule has 1 aromatic heterocycles. The van der Waals surface area contributed by atoms with Crippen molar-refractivity contribution in [3.8, 4) is 17.1 Å². The molecule has 0 radical (unpaired) electrons. The second kappa shape index (κ2) is 8.65. The Balaban J connectivity index is 1.58. The molecule has 1 aliphatic rings. The molecule has 1 aliphatic carbocycles. The van der Waals surface area contributed by atoms with E-state index in [-0.39, 0.29) is 17.7 Å². The molecule has 0 unspecified atom stereocenters. The van der Waals surface area contributed by atoms with E-state index in [9.17, 15) is 4.79 Å². The highest BCUT2D eigenvalue weighted by Gasteiger charge is 2.28. The normalized spacial score (nSPS) is 22.4. The number of benzene rings is 1. The number of hydrogen-bond donors (Lipinski definition) is 2. The fourth-order valence-corrected chi connectivity index (χ4v) is 4.14. The van der Waals surface area contributed by atoms with Crippen LogP contribution in [-0.4, -0.2) is 39.7 Å². The van der Waals surface area contributed by atoms with E-state index in [0.29, 0.717) is 22.8 Å². The van der Waals surface area contributed by atoms with Crippen LogP contribution < -0.4 is 15.9 Å². The molecular weight excluding hydrogens is 362 g/mol. The van der Waals surface area contributed by atoms with Gasteiger partial charge < -0.3 is 15.9 Å². The fraction of sp³-hybridized carbons (Fsp3) is 0.526. The molecule has 0 spiro atoms. The Kier molecular flexibility index (Phi) is 6.26. The van der Waals surface area contributed by atoms with Crippen molar-refractivity contribution in [1.82, 2.24) is 20.2 Å². The number of thioether (sulfide) groups is 1. The summed E-state index contributed by atoms with van der Waals surface area (Å²) in [6.07, 6.45) is 3.47. The molecule has 0 bridgehead atoms. The zero-order valence-electron chi connectivity index (χ0n) is 16.0. The van der Waals surface area contributed by atoms with Gasteiger partial charge in [-0.25, -0.2) is 4.68 Å². The van der Waals surface area contributed by atoms with Crippen molar-refractivity contribution in [1.29, 1.82) is 0 Å². The molecular formula is C19H27N5O2S. The summed E-state index contributed by atoms with van der Waals surface area (Å²) in [5.41, 5.74) is 0.840. The molecule has 0 saturated heterocycles. The molecule has 1 heterocycles. The first-order chi connectivity index (χ1) is 13.0. The summed E-state index contributed by atoms with van der Waals surface area (Å²) in [4.78, 5) is 12.4. The number of nitrogens with zero attached hydrogens (tertiary/aromatic N) is 3. The van der Waals surface area contributed by atoms with Crippen LogP contribution in [0.3, 0.4) is 0 Å². The number of methoxy groups -OCH3 is 1. The van der Waals surface area contributed by atoms with Crippen LogP contribution in [0.5, 0.6) is 5.75 Å². The van der Waals surface area contributed by atoms with Crippen LogP contribution in [0.15, 0.2) is 29.4 Å². The van der Waals surface area contributed by atoms with Gasteiger partial charge in [0.25, 0.3) is 0 Å². The second-order valence-corrected chi connectivity index (χ2v) is 8.08. The minimum absolute atomic E-state index is 0.0138. The number of hydrogen-bond acceptors (Lipinski definition) is 6. The molecule has 7 nitrogen and oxygen atoms in total. The smallest absolute Gasteiger partial charge is 0.230 e. The summed E-state index contributed by atoms with van der Waals surface area (Å²) in [6, 6.07) is 7.69. The summed E-state index contributed by atoms with van der Waals surface area (Å²) < 4.78 is 6.58. The predicted molar refractivity (Wildman–Crippen MR) is 107 cm³/mol. The zero-order valence-corrected chi connectivity index (χ0v) is 16.8. The highest BCUT2D eigenvalue weighted by atomic mass is 32.2. The van der Waals surface area contributed by atoms with Crippen molar-refractivity contribution >= 4 is 17.7 Å². The Morgan fingerprint density at radius 3 is 2.74 bits per heavy atom. The number of nitrogen functional groups attached to an aromatic ring is 1. The van der Waals surface area contributed by atoms with Crippen molar-refractivity contribution in [3.05, 3.63) is 24.3 Å². The highest BCUT2D eigenvalue weighted by Crippen LogP contribution is 2.29. The van der Waals surface area contributed by atoms with Crippen LogP contribution in [0.25, 0.3) is 11.4 Å². The van der Waals surface area contributed by atoms with E-state index in [1.54, 1.807) is 7.11 Å². The number of carbonyl (C=O) groups is 1. The summed E-state index contributed by atoms with van der Waals surface area (Å²) in [5.74, 6) is 8.88. The molecule has 146 valence electrons. The average Bonchev–Trinajstić information content (AvgIpc) is 3.04. The first-order valence-corrected chi connectivity index (χ1v) is 10.2. The van der Waals surface area contributed by atoms with E-state index in [1.165, 1.54) is 29.3 Å². The largest absolute Gasteiger partial charge is 0.497 e. The van der Waals surface area contributed by atoms with Crippen molar-refractivity contribution in [2.45, 2.75) is 44.3 Å². The molecule has 8 heteroatoms. The van der Waals surface area contributed by atoms with Gasteiger partial charge in [-0.15, -0.1) is 10.2 Å². The van der Waals surface area contributed by atoms with Gasteiger partial charge in [-0.1, -0.05) is 38.5 Å². The molecule has 1 saturated carbocycles. The molecule has 1 amide bonds. The van der Waals surface area contributed by atoms with Crippen LogP contribution in [0, 0.1) is 11.8 Å². The molecule has 2 aromatic rings. The summed E-state index contributed by atoms with van der Waals surface area (Å²) in [6.45, 7) is 4.48. The predicted octanol–water partition coefficient (Wildman–Crippen LogP) is 2.70. The SMILES string of the molecule is COc1ccc(-c2nnc(SCC(=O)N[C@H]3CCC[C@H](C)[C@H]3C)n2N)cc1. The zero-order chi connectivity index (χ0) is 19.4. The third-order valence-electron chi connectivity index (χ3n) is 5.40. The van der Waals surface area contributed by atoms with Crippen molar-refractivity contribution < 1.29 is 9.53 Å². The first-order valence-electron chi connectivity index (χ1n) is 9.26. The molecule has 1 aromatic carbocycles. The van der Waals surface area contributed by atoms with Crippen LogP contribution in [0.4, 0.5) is 0 Å². The lowest BCUT2D eigenvalue weighted by atomic mass is 9.78. The quantitative estimate of drug-likeness (QED) is 0.583. The van der Waals surface area contributed by atoms with Gasteiger partial charge in [0, 0.05) is 11.6 Å². The van der Waals surface area contributed by atoms with Crippen molar-refractivity contribution in [2.75, 3.05) is 18.7 Å². The number of ether oxygens (including phenoxy) is 1. The van der Waals surface area contributed by atoms with E-state index in [4.69, 9.17) is 10.6 Å². The van der Waals surface area contributed by atoms with Gasteiger partial charge in [0.05, 0.1) is 12.9 Å². The minimum atomic E-state index is 0.0138. The Bertz CT molecular complexity index is 777. The van der Waals surface area contributed by atoms with Crippen LogP contribution >= 0.6 is 11.8 Å². The van der Waals surface area contributed by atoms with Crippen molar-refractivity contribution in [2.24, 2.45) is 11.8 Å². The number of nitrogens with two attached hydrogens (primary N) is 1. The number of rotatable bonds is 6. The maximum absolute atomic E-state index is 12.4. The third-order valence-corrected chi connectivity index (χ3v) is 6.34. The Morgan fingerprint density at radius 2 is 2.04 bits per heavy atom. The van der Waals surface area contributed by atoms with Crippen LogP contribution in [0.1, 0.15) is 33.1 Å². The Hall–Kier alpha value is -2.22. The van der Waals surface area contributed by atoms with Gasteiger partial charge >= 0.3 is 0 Å². The summed E-state index contributed by atoms with van der Waals surface area (Å²) >= 11 is 1.30. The van der Waals surface area contributed by atoms with Gasteiger partial charge in [-0.3, -0.25) is 4.79 Å². The fourth-order valence-electron chi connectivity index (χ4n) is 3.48. The average molecular weight is 390 g/mol. The number of amides is 1. The number of carbonyl (C=O) groups excluding carboxylic acids is 1. The minimum Gasteiger partial charge on any atom is -0.497 e. The van der Waals surface area contributed by atoms with Crippen LogP contribution in [-0.2, 0) is 4.79 Å². The van der Waals surface area contributed by atoms with E-state index in [0.717, 1.165) is 17.7 Å². The first kappa shape index (κ1) is 19.5. The van der Waals surface area contributed by atoms with Gasteiger partial charge in [-0.05, 0) is 42.5 Å². The standard InChI is InChI=1S/C19H27N5O2S/c1-12-5-4-6-16(13(12)2)21-17(25)11-27-19-23-22-18(24(19)20)14-7-9-15(26-3)10-8-14/h7-10,12-13,16H,4-6,11,20H2,1-3H3,(H,21,25)/t12-,13+,16-/m0/s1. The van der Waals surface area contributed by atoms with Gasteiger partial charge in [0.2, 0.25) is 11.1 Å². The lowest BCUT2D eigenvalue weighted by molar-refractivity contribution is -0.120. The summed E-state index contributed by atoms with van der Waals surface area (Å²) in [5, 5.41) is 12.0. The molecule has 3 atom stereocenters. The van der Waals surface area contributed by atoms with Gasteiger partial charge in [0.1, 0.15) is 5.75 Å². The number of nitrogens with one attached hydrogen (secondary N) is 1. The topological polar surface area (TPSA) is 95.1 Å². The van der Waals surface area contributed by atoms with Crippen molar-refractivity contribution in [3.63, 3.8) is 0 Å². The molecule has 0 aliphatic heterocycles. The van der Waals surface area contributed by atoms with E-state index >= 15 is 0 Å². The third kappa shape index (κ3) is 4.55. The Labute approximate surface area is 164 Å². The maximum Gasteiger partial charge on any atom is 0.230 e. The molecule has 3 N–H and O–H groups in total. The van der Waals surface area contributed by atoms with Crippen LogP contribution in [0.2, 0.25) is 0 Å². The van der Waals surface area contributed by atoms with E-state index in [1.807, 2.05) is 24.3 Å². The van der Waals surface area contributed by atoms with E-state index < -0.39 is 0 Å². The summed E-state index contributed by atoms with van der Waals surface area (Å²) in [7, 11) is 1.62. The number of aromatic nitrogens is 3. The second-order valence-electron chi connectivity index (χ2n) is 7.13. The van der Waals surface area contributed by atoms with E-state index in [2.05, 4.69) is 29.4 Å². The highest BCUT2D eigenvalue weighted by molar-refractivity contribution is 7.99. The molecule has 27 heavy (non-hydrogen) atoms. The molecule has 1 fully saturated rings. The van der Waals surface area contributed by atoms with Gasteiger partial charge in [0.15, 0.2) is 5.82 Å².